The highest BCUT2D eigenvalue weighted by atomic mass is 79.9. The second-order valence-electron chi connectivity index (χ2n) is 5.12. The van der Waals surface area contributed by atoms with Crippen LogP contribution in [0.5, 0.6) is 5.75 Å². The van der Waals surface area contributed by atoms with Crippen molar-refractivity contribution >= 4 is 38.3 Å². The van der Waals surface area contributed by atoms with E-state index in [9.17, 15) is 4.79 Å². The van der Waals surface area contributed by atoms with Crippen LogP contribution < -0.4 is 10.1 Å². The summed E-state index contributed by atoms with van der Waals surface area (Å²) in [5.41, 5.74) is 2.75. The molecule has 1 N–H and O–H groups in total. The Morgan fingerprint density at radius 3 is 2.88 bits per heavy atom. The van der Waals surface area contributed by atoms with Gasteiger partial charge >= 0.3 is 0 Å². The van der Waals surface area contributed by atoms with Gasteiger partial charge in [-0.25, -0.2) is 4.98 Å². The fraction of sp³-hybridized carbons (Fsp3) is 0.111. The van der Waals surface area contributed by atoms with Crippen LogP contribution in [0.2, 0.25) is 0 Å². The highest BCUT2D eigenvalue weighted by Crippen LogP contribution is 2.27. The van der Waals surface area contributed by atoms with Gasteiger partial charge < -0.3 is 10.1 Å². The average molecular weight is 403 g/mol. The molecule has 1 heterocycles. The molecule has 24 heavy (non-hydrogen) atoms. The predicted octanol–water partition coefficient (Wildman–Crippen LogP) is 4.76. The van der Waals surface area contributed by atoms with E-state index in [2.05, 4.69) is 26.2 Å². The quantitative estimate of drug-likeness (QED) is 0.668. The van der Waals surface area contributed by atoms with Crippen molar-refractivity contribution in [3.8, 4) is 17.0 Å². The maximum atomic E-state index is 12.2. The molecule has 0 unspecified atom stereocenters. The van der Waals surface area contributed by atoms with Crippen molar-refractivity contribution in [2.24, 2.45) is 0 Å². The Morgan fingerprint density at radius 2 is 2.08 bits per heavy atom. The lowest BCUT2D eigenvalue weighted by Crippen LogP contribution is -2.14. The summed E-state index contributed by atoms with van der Waals surface area (Å²) in [6, 6.07) is 15.4. The zero-order valence-corrected chi connectivity index (χ0v) is 15.4. The number of benzene rings is 2. The average Bonchev–Trinajstić information content (AvgIpc) is 3.03. The van der Waals surface area contributed by atoms with E-state index in [4.69, 9.17) is 4.74 Å². The van der Waals surface area contributed by atoms with Gasteiger partial charge in [0.25, 0.3) is 0 Å². The molecule has 0 atom stereocenters. The Labute approximate surface area is 152 Å². The van der Waals surface area contributed by atoms with Gasteiger partial charge in [-0.3, -0.25) is 4.79 Å². The van der Waals surface area contributed by atoms with Crippen LogP contribution in [-0.2, 0) is 11.2 Å². The third kappa shape index (κ3) is 4.21. The Hall–Kier alpha value is -2.18. The van der Waals surface area contributed by atoms with Gasteiger partial charge in [0.15, 0.2) is 5.13 Å². The van der Waals surface area contributed by atoms with E-state index in [1.165, 1.54) is 11.3 Å². The molecule has 0 aliphatic rings. The number of rotatable bonds is 5. The first-order valence-electron chi connectivity index (χ1n) is 7.28. The SMILES string of the molecule is COc1cccc(CC(=O)Nc2nc(-c3cccc(Br)c3)cs2)c1. The number of carbonyl (C=O) groups excluding carboxylic acids is 1. The van der Waals surface area contributed by atoms with Crippen molar-refractivity contribution in [2.45, 2.75) is 6.42 Å². The van der Waals surface area contributed by atoms with Crippen LogP contribution in [0, 0.1) is 0 Å². The first kappa shape index (κ1) is 16.7. The number of methoxy groups -OCH3 is 1. The number of ether oxygens (including phenoxy) is 1. The molecule has 0 fully saturated rings. The Morgan fingerprint density at radius 1 is 1.25 bits per heavy atom. The summed E-state index contributed by atoms with van der Waals surface area (Å²) < 4.78 is 6.17. The summed E-state index contributed by atoms with van der Waals surface area (Å²) in [5.74, 6) is 0.643. The number of nitrogens with one attached hydrogen (secondary N) is 1. The lowest BCUT2D eigenvalue weighted by Gasteiger charge is -2.04. The van der Waals surface area contributed by atoms with E-state index < -0.39 is 0 Å². The van der Waals surface area contributed by atoms with Gasteiger partial charge in [-0.15, -0.1) is 11.3 Å². The number of aromatic nitrogens is 1. The zero-order chi connectivity index (χ0) is 16.9. The van der Waals surface area contributed by atoms with Crippen LogP contribution in [-0.4, -0.2) is 18.0 Å². The lowest BCUT2D eigenvalue weighted by atomic mass is 10.1. The maximum Gasteiger partial charge on any atom is 0.230 e. The van der Waals surface area contributed by atoms with Crippen LogP contribution in [0.15, 0.2) is 58.4 Å². The number of hydrogen-bond donors (Lipinski definition) is 1. The first-order valence-corrected chi connectivity index (χ1v) is 8.95. The molecular formula is C18H15BrN2O2S. The van der Waals surface area contributed by atoms with Gasteiger partial charge in [0.2, 0.25) is 5.91 Å². The van der Waals surface area contributed by atoms with Crippen LogP contribution in [0.4, 0.5) is 5.13 Å². The predicted molar refractivity (Wildman–Crippen MR) is 101 cm³/mol. The standard InChI is InChI=1S/C18H15BrN2O2S/c1-23-15-7-2-4-12(8-15)9-17(22)21-18-20-16(11-24-18)13-5-3-6-14(19)10-13/h2-8,10-11H,9H2,1H3,(H,20,21,22). The molecule has 0 aliphatic carbocycles. The molecule has 3 rings (SSSR count). The van der Waals surface area contributed by atoms with E-state index in [1.54, 1.807) is 7.11 Å². The van der Waals surface area contributed by atoms with E-state index >= 15 is 0 Å². The minimum atomic E-state index is -0.0987. The molecule has 0 spiro atoms. The number of thiazole rings is 1. The highest BCUT2D eigenvalue weighted by Gasteiger charge is 2.09. The summed E-state index contributed by atoms with van der Waals surface area (Å²) in [5, 5.41) is 5.38. The molecule has 0 saturated carbocycles. The maximum absolute atomic E-state index is 12.2. The number of carbonyl (C=O) groups is 1. The zero-order valence-electron chi connectivity index (χ0n) is 13.0. The normalized spacial score (nSPS) is 10.4. The first-order chi connectivity index (χ1) is 11.6. The monoisotopic (exact) mass is 402 g/mol. The van der Waals surface area contributed by atoms with Gasteiger partial charge in [0.05, 0.1) is 19.2 Å². The molecule has 2 aromatic carbocycles. The van der Waals surface area contributed by atoms with Crippen molar-refractivity contribution in [3.05, 3.63) is 63.9 Å². The van der Waals surface area contributed by atoms with Gasteiger partial charge in [0, 0.05) is 15.4 Å². The number of halogens is 1. The molecule has 4 nitrogen and oxygen atoms in total. The van der Waals surface area contributed by atoms with E-state index in [0.29, 0.717) is 5.13 Å². The molecule has 1 aromatic heterocycles. The number of hydrogen-bond acceptors (Lipinski definition) is 4. The number of amides is 1. The van der Waals surface area contributed by atoms with Crippen LogP contribution in [0.1, 0.15) is 5.56 Å². The molecule has 122 valence electrons. The number of nitrogens with zero attached hydrogens (tertiary/aromatic N) is 1. The van der Waals surface area contributed by atoms with Gasteiger partial charge in [-0.05, 0) is 29.8 Å². The number of anilines is 1. The van der Waals surface area contributed by atoms with Crippen molar-refractivity contribution in [3.63, 3.8) is 0 Å². The molecule has 1 amide bonds. The smallest absolute Gasteiger partial charge is 0.230 e. The Bertz CT molecular complexity index is 863. The van der Waals surface area contributed by atoms with Gasteiger partial charge in [0.1, 0.15) is 5.75 Å². The summed E-state index contributed by atoms with van der Waals surface area (Å²) in [7, 11) is 1.61. The second-order valence-corrected chi connectivity index (χ2v) is 6.90. The summed E-state index contributed by atoms with van der Waals surface area (Å²) in [6.45, 7) is 0. The van der Waals surface area contributed by atoms with E-state index in [-0.39, 0.29) is 12.3 Å². The fourth-order valence-corrected chi connectivity index (χ4v) is 3.38. The highest BCUT2D eigenvalue weighted by molar-refractivity contribution is 9.10. The summed E-state index contributed by atoms with van der Waals surface area (Å²) in [6.07, 6.45) is 0.281. The van der Waals surface area contributed by atoms with E-state index in [0.717, 1.165) is 27.0 Å². The van der Waals surface area contributed by atoms with Crippen molar-refractivity contribution in [1.29, 1.82) is 0 Å². The van der Waals surface area contributed by atoms with Crippen LogP contribution in [0.25, 0.3) is 11.3 Å². The third-order valence-corrected chi connectivity index (χ3v) is 4.62. The second kappa shape index (κ2) is 7.59. The molecule has 0 saturated heterocycles. The van der Waals surface area contributed by atoms with Crippen LogP contribution >= 0.6 is 27.3 Å². The third-order valence-electron chi connectivity index (χ3n) is 3.37. The van der Waals surface area contributed by atoms with Gasteiger partial charge in [-0.2, -0.15) is 0 Å². The lowest BCUT2D eigenvalue weighted by molar-refractivity contribution is -0.115. The topological polar surface area (TPSA) is 51.2 Å². The minimum absolute atomic E-state index is 0.0987. The molecule has 3 aromatic rings. The summed E-state index contributed by atoms with van der Waals surface area (Å²) >= 11 is 4.86. The summed E-state index contributed by atoms with van der Waals surface area (Å²) in [4.78, 5) is 16.7. The largest absolute Gasteiger partial charge is 0.497 e. The fourth-order valence-electron chi connectivity index (χ4n) is 2.24. The molecule has 0 aliphatic heterocycles. The molecular weight excluding hydrogens is 388 g/mol. The molecule has 6 heteroatoms. The molecule has 0 bridgehead atoms. The Kier molecular flexibility index (Phi) is 5.27. The van der Waals surface area contributed by atoms with Crippen LogP contribution in [0.3, 0.4) is 0 Å². The Balaban J connectivity index is 1.67. The van der Waals surface area contributed by atoms with E-state index in [1.807, 2.05) is 53.9 Å². The van der Waals surface area contributed by atoms with Gasteiger partial charge in [-0.1, -0.05) is 40.2 Å². The molecule has 0 radical (unpaired) electrons. The van der Waals surface area contributed by atoms with Crippen molar-refractivity contribution < 1.29 is 9.53 Å². The van der Waals surface area contributed by atoms with Crippen molar-refractivity contribution in [1.82, 2.24) is 4.98 Å². The minimum Gasteiger partial charge on any atom is -0.497 e. The van der Waals surface area contributed by atoms with Crippen molar-refractivity contribution in [2.75, 3.05) is 12.4 Å².